The molecule has 0 aromatic rings. The van der Waals surface area contributed by atoms with E-state index < -0.39 is 0 Å². The standard InChI is InChI=1S/C9H12OS2/c10-6-7-2-1-3-8(7)9-11-4-5-12-9/h1,3,6-9H,2,4-5H2. The maximum absolute atomic E-state index is 10.7. The van der Waals surface area contributed by atoms with Crippen LogP contribution in [-0.4, -0.2) is 22.4 Å². The average Bonchev–Trinajstić information content (AvgIpc) is 2.74. The van der Waals surface area contributed by atoms with Crippen molar-refractivity contribution in [2.75, 3.05) is 11.5 Å². The van der Waals surface area contributed by atoms with Gasteiger partial charge < -0.3 is 4.79 Å². The Kier molecular flexibility index (Phi) is 2.81. The van der Waals surface area contributed by atoms with Gasteiger partial charge in [-0.05, 0) is 6.42 Å². The van der Waals surface area contributed by atoms with Gasteiger partial charge in [0.2, 0.25) is 0 Å². The quantitative estimate of drug-likeness (QED) is 0.502. The lowest BCUT2D eigenvalue weighted by Crippen LogP contribution is -2.17. The Bertz CT molecular complexity index is 197. The molecule has 0 bridgehead atoms. The number of carbonyl (C=O) groups is 1. The van der Waals surface area contributed by atoms with Gasteiger partial charge >= 0.3 is 0 Å². The fourth-order valence-electron chi connectivity index (χ4n) is 1.73. The molecule has 1 fully saturated rings. The molecule has 0 amide bonds. The van der Waals surface area contributed by atoms with Crippen LogP contribution in [0.4, 0.5) is 0 Å². The van der Waals surface area contributed by atoms with Crippen LogP contribution in [0.25, 0.3) is 0 Å². The van der Waals surface area contributed by atoms with Crippen LogP contribution in [0.15, 0.2) is 12.2 Å². The normalized spacial score (nSPS) is 36.0. The Labute approximate surface area is 81.4 Å². The van der Waals surface area contributed by atoms with Crippen LogP contribution in [-0.2, 0) is 4.79 Å². The SMILES string of the molecule is O=CC1CC=CC1C1SCCS1. The maximum Gasteiger partial charge on any atom is 0.124 e. The van der Waals surface area contributed by atoms with Gasteiger partial charge in [0.05, 0.1) is 4.58 Å². The van der Waals surface area contributed by atoms with E-state index in [0.717, 1.165) is 12.7 Å². The molecular formula is C9H12OS2. The largest absolute Gasteiger partial charge is 0.303 e. The van der Waals surface area contributed by atoms with E-state index in [9.17, 15) is 4.79 Å². The smallest absolute Gasteiger partial charge is 0.124 e. The molecule has 2 aliphatic rings. The summed E-state index contributed by atoms with van der Waals surface area (Å²) in [6, 6.07) is 0. The number of hydrogen-bond donors (Lipinski definition) is 0. The first-order chi connectivity index (χ1) is 5.92. The number of carbonyl (C=O) groups excluding carboxylic acids is 1. The number of rotatable bonds is 2. The highest BCUT2D eigenvalue weighted by atomic mass is 32.2. The molecule has 1 nitrogen and oxygen atoms in total. The molecular weight excluding hydrogens is 188 g/mol. The highest BCUT2D eigenvalue weighted by Gasteiger charge is 2.32. The maximum atomic E-state index is 10.7. The zero-order chi connectivity index (χ0) is 8.39. The summed E-state index contributed by atoms with van der Waals surface area (Å²) in [5.41, 5.74) is 0. The zero-order valence-corrected chi connectivity index (χ0v) is 8.44. The summed E-state index contributed by atoms with van der Waals surface area (Å²) in [5, 5.41) is 0. The van der Waals surface area contributed by atoms with E-state index in [1.165, 1.54) is 11.5 Å². The number of hydrogen-bond acceptors (Lipinski definition) is 3. The predicted molar refractivity (Wildman–Crippen MR) is 55.5 cm³/mol. The van der Waals surface area contributed by atoms with Gasteiger partial charge in [0, 0.05) is 23.3 Å². The molecule has 0 aromatic carbocycles. The van der Waals surface area contributed by atoms with Crippen LogP contribution in [0, 0.1) is 11.8 Å². The first kappa shape index (κ1) is 8.70. The van der Waals surface area contributed by atoms with E-state index in [2.05, 4.69) is 12.2 Å². The van der Waals surface area contributed by atoms with Crippen LogP contribution in [0.5, 0.6) is 0 Å². The molecule has 0 spiro atoms. The lowest BCUT2D eigenvalue weighted by Gasteiger charge is -2.18. The summed E-state index contributed by atoms with van der Waals surface area (Å²) in [5.74, 6) is 3.30. The highest BCUT2D eigenvalue weighted by Crippen LogP contribution is 2.43. The first-order valence-electron chi connectivity index (χ1n) is 4.27. The first-order valence-corrected chi connectivity index (χ1v) is 6.37. The second kappa shape index (κ2) is 3.88. The zero-order valence-electron chi connectivity index (χ0n) is 6.81. The van der Waals surface area contributed by atoms with Crippen molar-refractivity contribution in [1.29, 1.82) is 0 Å². The summed E-state index contributed by atoms with van der Waals surface area (Å²) in [7, 11) is 0. The Morgan fingerprint density at radius 2 is 2.08 bits per heavy atom. The fraction of sp³-hybridized carbons (Fsp3) is 0.667. The van der Waals surface area contributed by atoms with Crippen molar-refractivity contribution in [3.05, 3.63) is 12.2 Å². The molecule has 66 valence electrons. The minimum Gasteiger partial charge on any atom is -0.303 e. The molecule has 0 saturated carbocycles. The summed E-state index contributed by atoms with van der Waals surface area (Å²) >= 11 is 4.02. The Morgan fingerprint density at radius 3 is 2.75 bits per heavy atom. The summed E-state index contributed by atoms with van der Waals surface area (Å²) in [6.45, 7) is 0. The van der Waals surface area contributed by atoms with E-state index in [0.29, 0.717) is 10.5 Å². The summed E-state index contributed by atoms with van der Waals surface area (Å²) < 4.78 is 0.652. The minimum absolute atomic E-state index is 0.271. The molecule has 0 N–H and O–H groups in total. The van der Waals surface area contributed by atoms with E-state index in [-0.39, 0.29) is 5.92 Å². The minimum atomic E-state index is 0.271. The molecule has 0 radical (unpaired) electrons. The van der Waals surface area contributed by atoms with Gasteiger partial charge in [-0.1, -0.05) is 12.2 Å². The van der Waals surface area contributed by atoms with Crippen molar-refractivity contribution in [3.8, 4) is 0 Å². The van der Waals surface area contributed by atoms with Crippen LogP contribution in [0.2, 0.25) is 0 Å². The molecule has 1 heterocycles. The molecule has 2 unspecified atom stereocenters. The van der Waals surface area contributed by atoms with Gasteiger partial charge in [0.15, 0.2) is 0 Å². The van der Waals surface area contributed by atoms with Gasteiger partial charge in [-0.25, -0.2) is 0 Å². The van der Waals surface area contributed by atoms with E-state index in [1.807, 2.05) is 23.5 Å². The van der Waals surface area contributed by atoms with E-state index in [1.54, 1.807) is 0 Å². The third-order valence-electron chi connectivity index (χ3n) is 2.40. The molecule has 2 atom stereocenters. The monoisotopic (exact) mass is 200 g/mol. The van der Waals surface area contributed by atoms with Crippen molar-refractivity contribution >= 4 is 29.8 Å². The lowest BCUT2D eigenvalue weighted by molar-refractivity contribution is -0.111. The number of aldehydes is 1. The lowest BCUT2D eigenvalue weighted by atomic mass is 9.99. The third kappa shape index (κ3) is 1.57. The Balaban J connectivity index is 2.00. The van der Waals surface area contributed by atoms with Crippen molar-refractivity contribution in [2.45, 2.75) is 11.0 Å². The molecule has 1 aliphatic heterocycles. The summed E-state index contributed by atoms with van der Waals surface area (Å²) in [6.07, 6.45) is 6.48. The van der Waals surface area contributed by atoms with Crippen LogP contribution < -0.4 is 0 Å². The van der Waals surface area contributed by atoms with Crippen molar-refractivity contribution in [2.24, 2.45) is 11.8 Å². The van der Waals surface area contributed by atoms with Gasteiger partial charge in [-0.15, -0.1) is 23.5 Å². The molecule has 1 aliphatic carbocycles. The Morgan fingerprint density at radius 1 is 1.33 bits per heavy atom. The molecule has 2 rings (SSSR count). The second-order valence-corrected chi connectivity index (χ2v) is 5.95. The molecule has 3 heteroatoms. The van der Waals surface area contributed by atoms with Gasteiger partial charge in [-0.3, -0.25) is 0 Å². The van der Waals surface area contributed by atoms with E-state index in [4.69, 9.17) is 0 Å². The molecule has 1 saturated heterocycles. The van der Waals surface area contributed by atoms with Crippen molar-refractivity contribution in [1.82, 2.24) is 0 Å². The highest BCUT2D eigenvalue weighted by molar-refractivity contribution is 8.20. The fourth-order valence-corrected chi connectivity index (χ4v) is 4.96. The molecule has 12 heavy (non-hydrogen) atoms. The van der Waals surface area contributed by atoms with Gasteiger partial charge in [0.1, 0.15) is 6.29 Å². The van der Waals surface area contributed by atoms with Crippen LogP contribution in [0.3, 0.4) is 0 Å². The van der Waals surface area contributed by atoms with Gasteiger partial charge in [-0.2, -0.15) is 0 Å². The second-order valence-electron chi connectivity index (χ2n) is 3.15. The number of allylic oxidation sites excluding steroid dienone is 2. The van der Waals surface area contributed by atoms with Crippen molar-refractivity contribution in [3.63, 3.8) is 0 Å². The predicted octanol–water partition coefficient (Wildman–Crippen LogP) is 2.18. The Hall–Kier alpha value is 0.110. The van der Waals surface area contributed by atoms with Gasteiger partial charge in [0.25, 0.3) is 0 Å². The molecule has 0 aromatic heterocycles. The number of thioether (sulfide) groups is 2. The third-order valence-corrected chi connectivity index (χ3v) is 5.64. The van der Waals surface area contributed by atoms with E-state index >= 15 is 0 Å². The summed E-state index contributed by atoms with van der Waals surface area (Å²) in [4.78, 5) is 10.7. The average molecular weight is 200 g/mol. The van der Waals surface area contributed by atoms with Crippen LogP contribution in [0.1, 0.15) is 6.42 Å². The topological polar surface area (TPSA) is 17.1 Å². The van der Waals surface area contributed by atoms with Crippen LogP contribution >= 0.6 is 23.5 Å². The van der Waals surface area contributed by atoms with Crippen molar-refractivity contribution < 1.29 is 4.79 Å².